The highest BCUT2D eigenvalue weighted by Crippen LogP contribution is 2.26. The van der Waals surface area contributed by atoms with E-state index >= 15 is 0 Å². The molecule has 0 atom stereocenters. The predicted octanol–water partition coefficient (Wildman–Crippen LogP) is -0.0538. The van der Waals surface area contributed by atoms with Gasteiger partial charge < -0.3 is 10.6 Å². The van der Waals surface area contributed by atoms with E-state index < -0.39 is 16.5 Å². The fourth-order valence-electron chi connectivity index (χ4n) is 0.913. The maximum atomic E-state index is 10.7. The van der Waals surface area contributed by atoms with Crippen molar-refractivity contribution in [2.24, 2.45) is 11.6 Å². The monoisotopic (exact) mass is 197 g/mol. The van der Waals surface area contributed by atoms with Crippen LogP contribution in [0, 0.1) is 10.1 Å². The molecule has 0 unspecified atom stereocenters. The maximum Gasteiger partial charge on any atom is 0.314 e. The summed E-state index contributed by atoms with van der Waals surface area (Å²) in [5.41, 5.74) is 4.57. The lowest BCUT2D eigenvalue weighted by Gasteiger charge is -2.01. The number of benzene rings is 1. The third kappa shape index (κ3) is 1.77. The molecule has 0 aromatic heterocycles. The van der Waals surface area contributed by atoms with E-state index in [-0.39, 0.29) is 11.3 Å². The van der Waals surface area contributed by atoms with Crippen molar-refractivity contribution in [3.63, 3.8) is 0 Å². The molecule has 0 saturated carbocycles. The Kier molecular flexibility index (Phi) is 2.63. The van der Waals surface area contributed by atoms with Gasteiger partial charge in [-0.25, -0.2) is 0 Å². The summed E-state index contributed by atoms with van der Waals surface area (Å²) < 4.78 is 0. The lowest BCUT2D eigenvalue weighted by Crippen LogP contribution is -2.12. The standard InChI is InChI=1S/C7H7N3O4/c8-7(11)4-1-2-6(14-9)5(3-4)10(12)13/h1-3H,9H2,(H2,8,11). The molecule has 0 heterocycles. The SMILES string of the molecule is NOc1ccc(C(N)=O)cc1[N+](=O)[O-]. The Balaban J connectivity index is 3.27. The van der Waals surface area contributed by atoms with Gasteiger partial charge in [0.15, 0.2) is 0 Å². The van der Waals surface area contributed by atoms with Crippen LogP contribution in [-0.2, 0) is 0 Å². The van der Waals surface area contributed by atoms with Gasteiger partial charge in [-0.15, -0.1) is 0 Å². The second-order valence-corrected chi connectivity index (χ2v) is 2.42. The van der Waals surface area contributed by atoms with E-state index in [9.17, 15) is 14.9 Å². The molecule has 0 aliphatic heterocycles. The van der Waals surface area contributed by atoms with Gasteiger partial charge in [-0.3, -0.25) is 14.9 Å². The highest BCUT2D eigenvalue weighted by Gasteiger charge is 2.17. The van der Waals surface area contributed by atoms with E-state index in [1.807, 2.05) is 0 Å². The third-order valence-corrected chi connectivity index (χ3v) is 1.57. The summed E-state index contributed by atoms with van der Waals surface area (Å²) in [6.07, 6.45) is 0. The summed E-state index contributed by atoms with van der Waals surface area (Å²) in [7, 11) is 0. The average Bonchev–Trinajstić information content (AvgIpc) is 2.16. The molecule has 0 aliphatic carbocycles. The molecule has 4 N–H and O–H groups in total. The number of hydrogen-bond acceptors (Lipinski definition) is 5. The fourth-order valence-corrected chi connectivity index (χ4v) is 0.913. The first-order valence-corrected chi connectivity index (χ1v) is 3.51. The number of amides is 1. The minimum Gasteiger partial charge on any atom is -0.404 e. The molecular formula is C7H7N3O4. The van der Waals surface area contributed by atoms with E-state index in [1.165, 1.54) is 12.1 Å². The van der Waals surface area contributed by atoms with Gasteiger partial charge in [-0.05, 0) is 12.1 Å². The van der Waals surface area contributed by atoms with E-state index in [2.05, 4.69) is 4.84 Å². The van der Waals surface area contributed by atoms with Crippen molar-refractivity contribution in [2.75, 3.05) is 0 Å². The van der Waals surface area contributed by atoms with Crippen LogP contribution in [0.2, 0.25) is 0 Å². The summed E-state index contributed by atoms with van der Waals surface area (Å²) in [6, 6.07) is 3.50. The average molecular weight is 197 g/mol. The van der Waals surface area contributed by atoms with Crippen molar-refractivity contribution in [3.8, 4) is 5.75 Å². The summed E-state index contributed by atoms with van der Waals surface area (Å²) in [4.78, 5) is 24.7. The zero-order valence-corrected chi connectivity index (χ0v) is 6.97. The zero-order valence-electron chi connectivity index (χ0n) is 6.97. The highest BCUT2D eigenvalue weighted by atomic mass is 16.6. The first kappa shape index (κ1) is 9.93. The number of hydrogen-bond donors (Lipinski definition) is 2. The highest BCUT2D eigenvalue weighted by molar-refractivity contribution is 5.93. The zero-order chi connectivity index (χ0) is 10.7. The number of nitrogens with zero attached hydrogens (tertiary/aromatic N) is 1. The summed E-state index contributed by atoms with van der Waals surface area (Å²) in [6.45, 7) is 0. The number of nitro benzene ring substituents is 1. The van der Waals surface area contributed by atoms with Crippen molar-refractivity contribution >= 4 is 11.6 Å². The number of nitro groups is 1. The second-order valence-electron chi connectivity index (χ2n) is 2.42. The van der Waals surface area contributed by atoms with Gasteiger partial charge in [-0.2, -0.15) is 5.90 Å². The molecule has 7 nitrogen and oxygen atoms in total. The summed E-state index contributed by atoms with van der Waals surface area (Å²) >= 11 is 0. The van der Waals surface area contributed by atoms with Crippen LogP contribution in [0.1, 0.15) is 10.4 Å². The Morgan fingerprint density at radius 3 is 2.57 bits per heavy atom. The molecule has 1 aromatic carbocycles. The largest absolute Gasteiger partial charge is 0.404 e. The Labute approximate surface area is 78.4 Å². The topological polar surface area (TPSA) is 121 Å². The quantitative estimate of drug-likeness (QED) is 0.519. The Morgan fingerprint density at radius 2 is 2.14 bits per heavy atom. The molecule has 0 fully saturated rings. The van der Waals surface area contributed by atoms with Crippen LogP contribution in [0.5, 0.6) is 5.75 Å². The Morgan fingerprint density at radius 1 is 1.50 bits per heavy atom. The van der Waals surface area contributed by atoms with Gasteiger partial charge >= 0.3 is 5.69 Å². The van der Waals surface area contributed by atoms with Crippen LogP contribution >= 0.6 is 0 Å². The maximum absolute atomic E-state index is 10.7. The number of rotatable bonds is 3. The molecule has 14 heavy (non-hydrogen) atoms. The number of carbonyl (C=O) groups is 1. The normalized spacial score (nSPS) is 9.50. The number of nitrogens with two attached hydrogens (primary N) is 2. The smallest absolute Gasteiger partial charge is 0.314 e. The minimum atomic E-state index is -0.753. The van der Waals surface area contributed by atoms with Crippen LogP contribution in [0.4, 0.5) is 5.69 Å². The Bertz CT molecular complexity index is 391. The van der Waals surface area contributed by atoms with E-state index in [0.717, 1.165) is 6.07 Å². The predicted molar refractivity (Wildman–Crippen MR) is 46.4 cm³/mol. The number of primary amides is 1. The fraction of sp³-hybridized carbons (Fsp3) is 0. The molecule has 7 heteroatoms. The first-order chi connectivity index (χ1) is 6.56. The molecule has 0 aliphatic rings. The molecule has 1 amide bonds. The van der Waals surface area contributed by atoms with Crippen molar-refractivity contribution in [1.29, 1.82) is 0 Å². The molecule has 0 radical (unpaired) electrons. The van der Waals surface area contributed by atoms with Crippen LogP contribution in [0.3, 0.4) is 0 Å². The molecule has 1 aromatic rings. The number of carbonyl (C=O) groups excluding carboxylic acids is 1. The van der Waals surface area contributed by atoms with Crippen LogP contribution in [0.25, 0.3) is 0 Å². The van der Waals surface area contributed by atoms with Gasteiger partial charge in [0.05, 0.1) is 4.92 Å². The van der Waals surface area contributed by atoms with Crippen LogP contribution in [0.15, 0.2) is 18.2 Å². The second kappa shape index (κ2) is 3.71. The minimum absolute atomic E-state index is 0.0255. The third-order valence-electron chi connectivity index (χ3n) is 1.57. The van der Waals surface area contributed by atoms with Crippen LogP contribution in [-0.4, -0.2) is 10.8 Å². The lowest BCUT2D eigenvalue weighted by molar-refractivity contribution is -0.385. The molecule has 1 rings (SSSR count). The Hall–Kier alpha value is -2.15. The van der Waals surface area contributed by atoms with Gasteiger partial charge in [0, 0.05) is 11.6 Å². The van der Waals surface area contributed by atoms with E-state index in [1.54, 1.807) is 0 Å². The molecule has 0 spiro atoms. The van der Waals surface area contributed by atoms with Crippen molar-refractivity contribution < 1.29 is 14.6 Å². The molecule has 0 saturated heterocycles. The summed E-state index contributed by atoms with van der Waals surface area (Å²) in [5.74, 6) is 3.92. The van der Waals surface area contributed by atoms with E-state index in [4.69, 9.17) is 11.6 Å². The van der Waals surface area contributed by atoms with Gasteiger partial charge in [0.2, 0.25) is 11.7 Å². The molecule has 0 bridgehead atoms. The van der Waals surface area contributed by atoms with Gasteiger partial charge in [0.1, 0.15) is 0 Å². The molecular weight excluding hydrogens is 190 g/mol. The lowest BCUT2D eigenvalue weighted by atomic mass is 10.2. The van der Waals surface area contributed by atoms with E-state index in [0.29, 0.717) is 0 Å². The van der Waals surface area contributed by atoms with Crippen molar-refractivity contribution in [1.82, 2.24) is 0 Å². The van der Waals surface area contributed by atoms with Crippen LogP contribution < -0.4 is 16.5 Å². The van der Waals surface area contributed by atoms with Gasteiger partial charge in [-0.1, -0.05) is 0 Å². The van der Waals surface area contributed by atoms with Crippen molar-refractivity contribution in [3.05, 3.63) is 33.9 Å². The first-order valence-electron chi connectivity index (χ1n) is 3.51. The summed E-state index contributed by atoms with van der Waals surface area (Å²) in [5, 5.41) is 10.5. The van der Waals surface area contributed by atoms with Gasteiger partial charge in [0.25, 0.3) is 0 Å². The van der Waals surface area contributed by atoms with Crippen molar-refractivity contribution in [2.45, 2.75) is 0 Å². The molecule has 74 valence electrons.